The van der Waals surface area contributed by atoms with Gasteiger partial charge in [0.25, 0.3) is 5.91 Å². The first kappa shape index (κ1) is 22.5. The van der Waals surface area contributed by atoms with Crippen LogP contribution in [0.25, 0.3) is 10.2 Å². The molecule has 1 heterocycles. The highest BCUT2D eigenvalue weighted by Crippen LogP contribution is 2.33. The zero-order valence-electron chi connectivity index (χ0n) is 15.5. The lowest BCUT2D eigenvalue weighted by Gasteiger charge is -2.22. The molecule has 0 saturated carbocycles. The first-order valence-electron chi connectivity index (χ1n) is 8.24. The molecule has 0 aliphatic rings. The molecular formula is C19H19Cl2F2N3OS. The molecule has 28 heavy (non-hydrogen) atoms. The molecule has 1 aromatic heterocycles. The van der Waals surface area contributed by atoms with E-state index in [0.29, 0.717) is 29.3 Å². The number of hydrogen-bond donors (Lipinski definition) is 0. The van der Waals surface area contributed by atoms with Crippen molar-refractivity contribution in [2.45, 2.75) is 6.92 Å². The molecule has 3 rings (SSSR count). The van der Waals surface area contributed by atoms with Crippen molar-refractivity contribution in [1.29, 1.82) is 0 Å². The van der Waals surface area contributed by atoms with Gasteiger partial charge < -0.3 is 4.90 Å². The van der Waals surface area contributed by atoms with E-state index >= 15 is 0 Å². The van der Waals surface area contributed by atoms with Gasteiger partial charge in [0.05, 0.1) is 15.8 Å². The van der Waals surface area contributed by atoms with Crippen molar-refractivity contribution in [3.8, 4) is 0 Å². The maximum Gasteiger partial charge on any atom is 0.263 e. The van der Waals surface area contributed by atoms with Crippen LogP contribution in [0.3, 0.4) is 0 Å². The predicted molar refractivity (Wildman–Crippen MR) is 113 cm³/mol. The lowest BCUT2D eigenvalue weighted by molar-refractivity contribution is 0.0981. The molecule has 1 amide bonds. The van der Waals surface area contributed by atoms with E-state index in [9.17, 15) is 13.6 Å². The standard InChI is InChI=1S/C19H18ClF2N3OS.ClH/c1-11-8-12(20)9-16-17(11)23-19(27-16)25(7-6-24(2)3)18(26)14-5-4-13(21)10-15(14)22;/h4-5,8-10H,6-7H2,1-3H3;1H. The largest absolute Gasteiger partial charge is 0.308 e. The number of aromatic nitrogens is 1. The number of rotatable bonds is 5. The Morgan fingerprint density at radius 2 is 1.89 bits per heavy atom. The quantitative estimate of drug-likeness (QED) is 0.543. The van der Waals surface area contributed by atoms with E-state index in [1.165, 1.54) is 16.2 Å². The number of thiazole rings is 1. The van der Waals surface area contributed by atoms with Gasteiger partial charge in [0.1, 0.15) is 11.6 Å². The van der Waals surface area contributed by atoms with E-state index in [1.54, 1.807) is 12.1 Å². The molecule has 0 saturated heterocycles. The number of amides is 1. The number of likely N-dealkylation sites (N-methyl/N-ethyl adjacent to an activating group) is 1. The molecule has 0 unspecified atom stereocenters. The highest BCUT2D eigenvalue weighted by atomic mass is 35.5. The van der Waals surface area contributed by atoms with E-state index in [4.69, 9.17) is 11.6 Å². The van der Waals surface area contributed by atoms with Crippen LogP contribution in [-0.4, -0.2) is 43.0 Å². The van der Waals surface area contributed by atoms with Gasteiger partial charge in [0.15, 0.2) is 5.13 Å². The highest BCUT2D eigenvalue weighted by Gasteiger charge is 2.24. The van der Waals surface area contributed by atoms with E-state index in [1.807, 2.05) is 25.9 Å². The van der Waals surface area contributed by atoms with Gasteiger partial charge in [0, 0.05) is 24.2 Å². The third-order valence-corrected chi connectivity index (χ3v) is 5.29. The van der Waals surface area contributed by atoms with Crippen LogP contribution in [0, 0.1) is 18.6 Å². The number of carbonyl (C=O) groups excluding carboxylic acids is 1. The van der Waals surface area contributed by atoms with E-state index in [2.05, 4.69) is 4.98 Å². The van der Waals surface area contributed by atoms with E-state index in [0.717, 1.165) is 27.9 Å². The normalized spacial score (nSPS) is 11.0. The van der Waals surface area contributed by atoms with Gasteiger partial charge in [-0.05, 0) is 50.8 Å². The first-order valence-corrected chi connectivity index (χ1v) is 9.44. The van der Waals surface area contributed by atoms with Gasteiger partial charge in [-0.15, -0.1) is 12.4 Å². The highest BCUT2D eigenvalue weighted by molar-refractivity contribution is 7.22. The zero-order valence-corrected chi connectivity index (χ0v) is 17.9. The van der Waals surface area contributed by atoms with Crippen LogP contribution in [0.2, 0.25) is 5.02 Å². The summed E-state index contributed by atoms with van der Waals surface area (Å²) in [6.07, 6.45) is 0. The number of aryl methyl sites for hydroxylation is 1. The van der Waals surface area contributed by atoms with E-state index < -0.39 is 17.5 Å². The summed E-state index contributed by atoms with van der Waals surface area (Å²) in [5.41, 5.74) is 1.46. The molecule has 0 atom stereocenters. The van der Waals surface area contributed by atoms with Crippen LogP contribution < -0.4 is 4.90 Å². The number of fused-ring (bicyclic) bond motifs is 1. The summed E-state index contributed by atoms with van der Waals surface area (Å²) < 4.78 is 28.2. The molecule has 0 N–H and O–H groups in total. The monoisotopic (exact) mass is 445 g/mol. The van der Waals surface area contributed by atoms with Gasteiger partial charge >= 0.3 is 0 Å². The Morgan fingerprint density at radius 3 is 2.54 bits per heavy atom. The first-order chi connectivity index (χ1) is 12.8. The Labute approximate surface area is 177 Å². The molecule has 0 aliphatic carbocycles. The number of halogens is 4. The van der Waals surface area contributed by atoms with Crippen LogP contribution >= 0.6 is 35.3 Å². The Morgan fingerprint density at radius 1 is 1.18 bits per heavy atom. The Hall–Kier alpha value is -1.80. The summed E-state index contributed by atoms with van der Waals surface area (Å²) in [6.45, 7) is 2.77. The molecule has 9 heteroatoms. The van der Waals surface area contributed by atoms with E-state index in [-0.39, 0.29) is 18.0 Å². The molecule has 150 valence electrons. The molecule has 3 aromatic rings. The summed E-state index contributed by atoms with van der Waals surface area (Å²) in [7, 11) is 3.76. The van der Waals surface area contributed by atoms with Gasteiger partial charge in [-0.1, -0.05) is 22.9 Å². The molecule has 0 bridgehead atoms. The molecule has 4 nitrogen and oxygen atoms in total. The molecule has 0 spiro atoms. The SMILES string of the molecule is Cc1cc(Cl)cc2sc(N(CCN(C)C)C(=O)c3ccc(F)cc3F)nc12.Cl. The Balaban J connectivity index is 0.00000280. The van der Waals surface area contributed by atoms with Crippen molar-refractivity contribution in [2.75, 3.05) is 32.1 Å². The lowest BCUT2D eigenvalue weighted by atomic mass is 10.2. The van der Waals surface area contributed by atoms with Crippen LogP contribution in [-0.2, 0) is 0 Å². The van der Waals surface area contributed by atoms with Gasteiger partial charge in [-0.3, -0.25) is 9.69 Å². The van der Waals surface area contributed by atoms with Gasteiger partial charge in [-0.2, -0.15) is 0 Å². The van der Waals surface area contributed by atoms with Crippen LogP contribution in [0.15, 0.2) is 30.3 Å². The summed E-state index contributed by atoms with van der Waals surface area (Å²) in [4.78, 5) is 20.9. The van der Waals surface area contributed by atoms with Crippen LogP contribution in [0.1, 0.15) is 15.9 Å². The lowest BCUT2D eigenvalue weighted by Crippen LogP contribution is -2.37. The maximum absolute atomic E-state index is 14.2. The Bertz CT molecular complexity index is 1010. The topological polar surface area (TPSA) is 36.4 Å². The van der Waals surface area contributed by atoms with Gasteiger partial charge in [-0.25, -0.2) is 13.8 Å². The van der Waals surface area contributed by atoms with Crippen LogP contribution in [0.4, 0.5) is 13.9 Å². The number of nitrogens with zero attached hydrogens (tertiary/aromatic N) is 3. The third kappa shape index (κ3) is 4.78. The van der Waals surface area contributed by atoms with Gasteiger partial charge in [0.2, 0.25) is 0 Å². The molecule has 0 aliphatic heterocycles. The fraction of sp³-hybridized carbons (Fsp3) is 0.263. The second-order valence-electron chi connectivity index (χ2n) is 6.45. The van der Waals surface area contributed by atoms with Crippen LogP contribution in [0.5, 0.6) is 0 Å². The number of benzene rings is 2. The molecular weight excluding hydrogens is 427 g/mol. The fourth-order valence-corrected chi connectivity index (χ4v) is 4.10. The number of anilines is 1. The predicted octanol–water partition coefficient (Wildman–Crippen LogP) is 5.17. The zero-order chi connectivity index (χ0) is 19.7. The third-order valence-electron chi connectivity index (χ3n) is 4.05. The van der Waals surface area contributed by atoms with Crippen molar-refractivity contribution in [1.82, 2.24) is 9.88 Å². The maximum atomic E-state index is 14.2. The summed E-state index contributed by atoms with van der Waals surface area (Å²) in [5.74, 6) is -2.18. The average Bonchev–Trinajstić information content (AvgIpc) is 2.98. The second kappa shape index (κ2) is 9.13. The molecule has 0 fully saturated rings. The summed E-state index contributed by atoms with van der Waals surface area (Å²) in [5, 5.41) is 1.04. The smallest absolute Gasteiger partial charge is 0.263 e. The van der Waals surface area contributed by atoms with Crippen molar-refractivity contribution in [3.63, 3.8) is 0 Å². The minimum atomic E-state index is -0.893. The second-order valence-corrected chi connectivity index (χ2v) is 7.90. The minimum absolute atomic E-state index is 0. The van der Waals surface area contributed by atoms with Crippen molar-refractivity contribution >= 4 is 56.6 Å². The summed E-state index contributed by atoms with van der Waals surface area (Å²) in [6, 6.07) is 6.53. The number of hydrogen-bond acceptors (Lipinski definition) is 4. The Kier molecular flexibility index (Phi) is 7.33. The summed E-state index contributed by atoms with van der Waals surface area (Å²) >= 11 is 7.43. The molecule has 0 radical (unpaired) electrons. The van der Waals surface area contributed by atoms with Crippen molar-refractivity contribution in [2.24, 2.45) is 0 Å². The van der Waals surface area contributed by atoms with Crippen molar-refractivity contribution < 1.29 is 13.6 Å². The fourth-order valence-electron chi connectivity index (χ4n) is 2.65. The van der Waals surface area contributed by atoms with Crippen molar-refractivity contribution in [3.05, 3.63) is 58.1 Å². The molecule has 2 aromatic carbocycles. The minimum Gasteiger partial charge on any atom is -0.308 e. The average molecular weight is 446 g/mol. The number of carbonyl (C=O) groups is 1.